The molecule has 45 heavy (non-hydrogen) atoms. The second-order valence-corrected chi connectivity index (χ2v) is 12.1. The molecule has 4 aromatic carbocycles. The predicted octanol–water partition coefficient (Wildman–Crippen LogP) is 6.68. The Hall–Kier alpha value is -5.11. The molecule has 0 fully saturated rings. The van der Waals surface area contributed by atoms with Crippen LogP contribution in [-0.2, 0) is 9.84 Å². The van der Waals surface area contributed by atoms with Crippen LogP contribution in [-0.4, -0.2) is 38.2 Å². The molecule has 4 rings (SSSR count). The molecule has 0 saturated heterocycles. The smallest absolute Gasteiger partial charge is 0.258 e. The van der Waals surface area contributed by atoms with Gasteiger partial charge in [-0.3, -0.25) is 9.59 Å². The van der Waals surface area contributed by atoms with Crippen LogP contribution in [0.2, 0.25) is 0 Å². The Labute approximate surface area is 255 Å². The SMILES string of the molecule is COc1ccc(Oc2cc(NC(=O)c3cccc(S(=O)(=O)CC(C)C)c3)c(O)cc2NC(=O)c2cc(F)c(F)c(F)c2F)cc1. The number of ether oxygens (including phenoxy) is 2. The average molecular weight is 647 g/mol. The highest BCUT2D eigenvalue weighted by molar-refractivity contribution is 7.91. The second kappa shape index (κ2) is 13.3. The summed E-state index contributed by atoms with van der Waals surface area (Å²) in [6.07, 6.45) is 0. The lowest BCUT2D eigenvalue weighted by Gasteiger charge is -2.17. The van der Waals surface area contributed by atoms with Gasteiger partial charge in [-0.05, 0) is 54.4 Å². The number of aromatic hydroxyl groups is 1. The van der Waals surface area contributed by atoms with Crippen LogP contribution >= 0.6 is 0 Å². The van der Waals surface area contributed by atoms with Crippen molar-refractivity contribution in [1.29, 1.82) is 0 Å². The normalized spacial score (nSPS) is 11.3. The Balaban J connectivity index is 1.70. The predicted molar refractivity (Wildman–Crippen MR) is 157 cm³/mol. The first kappa shape index (κ1) is 32.8. The summed E-state index contributed by atoms with van der Waals surface area (Å²) < 4.78 is 91.5. The van der Waals surface area contributed by atoms with Gasteiger partial charge in [0.2, 0.25) is 0 Å². The van der Waals surface area contributed by atoms with Gasteiger partial charge in [-0.1, -0.05) is 19.9 Å². The van der Waals surface area contributed by atoms with E-state index in [1.807, 2.05) is 0 Å². The number of methoxy groups -OCH3 is 1. The van der Waals surface area contributed by atoms with E-state index in [-0.39, 0.29) is 51.1 Å². The number of phenolic OH excluding ortho intramolecular Hbond substituents is 1. The summed E-state index contributed by atoms with van der Waals surface area (Å²) in [4.78, 5) is 25.8. The monoisotopic (exact) mass is 646 g/mol. The number of rotatable bonds is 10. The zero-order valence-electron chi connectivity index (χ0n) is 24.0. The van der Waals surface area contributed by atoms with Crippen LogP contribution < -0.4 is 20.1 Å². The van der Waals surface area contributed by atoms with Crippen LogP contribution in [0.5, 0.6) is 23.0 Å². The van der Waals surface area contributed by atoms with Crippen molar-refractivity contribution in [3.63, 3.8) is 0 Å². The third kappa shape index (κ3) is 7.52. The van der Waals surface area contributed by atoms with E-state index in [0.717, 1.165) is 12.1 Å². The molecule has 0 radical (unpaired) electrons. The van der Waals surface area contributed by atoms with Crippen LogP contribution in [0.3, 0.4) is 0 Å². The number of nitrogens with one attached hydrogen (secondary N) is 2. The molecule has 0 heterocycles. The number of benzene rings is 4. The number of hydrogen-bond acceptors (Lipinski definition) is 7. The number of carbonyl (C=O) groups is 2. The average Bonchev–Trinajstić information content (AvgIpc) is 2.99. The molecule has 0 spiro atoms. The zero-order chi connectivity index (χ0) is 33.1. The third-order valence-corrected chi connectivity index (χ3v) is 8.31. The van der Waals surface area contributed by atoms with Gasteiger partial charge in [0.05, 0.1) is 34.7 Å². The minimum atomic E-state index is -3.69. The number of carbonyl (C=O) groups excluding carboxylic acids is 2. The third-order valence-electron chi connectivity index (χ3n) is 6.24. The Morgan fingerprint density at radius 1 is 0.822 bits per heavy atom. The molecule has 2 amide bonds. The summed E-state index contributed by atoms with van der Waals surface area (Å²) in [6.45, 7) is 3.47. The summed E-state index contributed by atoms with van der Waals surface area (Å²) in [5.41, 5.74) is -1.81. The van der Waals surface area contributed by atoms with Crippen molar-refractivity contribution in [1.82, 2.24) is 0 Å². The lowest BCUT2D eigenvalue weighted by molar-refractivity contribution is 0.101. The Morgan fingerprint density at radius 3 is 2.11 bits per heavy atom. The number of sulfone groups is 1. The molecule has 0 aliphatic carbocycles. The Bertz CT molecular complexity index is 1880. The molecule has 0 aromatic heterocycles. The lowest BCUT2D eigenvalue weighted by atomic mass is 10.1. The van der Waals surface area contributed by atoms with Crippen molar-refractivity contribution in [2.45, 2.75) is 18.7 Å². The minimum Gasteiger partial charge on any atom is -0.506 e. The fourth-order valence-corrected chi connectivity index (χ4v) is 5.77. The van der Waals surface area contributed by atoms with Gasteiger partial charge in [-0.2, -0.15) is 0 Å². The largest absolute Gasteiger partial charge is 0.506 e. The van der Waals surface area contributed by atoms with E-state index in [0.29, 0.717) is 5.75 Å². The summed E-state index contributed by atoms with van der Waals surface area (Å²) in [5.74, 6) is -10.8. The van der Waals surface area contributed by atoms with Crippen molar-refractivity contribution in [3.8, 4) is 23.0 Å². The van der Waals surface area contributed by atoms with Crippen molar-refractivity contribution in [2.75, 3.05) is 23.5 Å². The summed E-state index contributed by atoms with van der Waals surface area (Å²) in [7, 11) is -2.25. The quantitative estimate of drug-likeness (QED) is 0.0758. The first-order valence-electron chi connectivity index (χ1n) is 13.2. The van der Waals surface area contributed by atoms with Gasteiger partial charge in [-0.15, -0.1) is 0 Å². The van der Waals surface area contributed by atoms with E-state index in [1.54, 1.807) is 13.8 Å². The highest BCUT2D eigenvalue weighted by Crippen LogP contribution is 2.39. The molecule has 0 aliphatic rings. The molecule has 3 N–H and O–H groups in total. The maximum atomic E-state index is 14.3. The van der Waals surface area contributed by atoms with Crippen molar-refractivity contribution < 1.29 is 50.1 Å². The van der Waals surface area contributed by atoms with E-state index in [4.69, 9.17) is 9.47 Å². The molecular formula is C31H26F4N2O7S. The van der Waals surface area contributed by atoms with Crippen LogP contribution in [0, 0.1) is 29.2 Å². The van der Waals surface area contributed by atoms with Crippen LogP contribution in [0.1, 0.15) is 34.6 Å². The van der Waals surface area contributed by atoms with Gasteiger partial charge < -0.3 is 25.2 Å². The van der Waals surface area contributed by atoms with Crippen LogP contribution in [0.25, 0.3) is 0 Å². The molecule has 0 aliphatic heterocycles. The fraction of sp³-hybridized carbons (Fsp3) is 0.161. The minimum absolute atomic E-state index is 0.0509. The van der Waals surface area contributed by atoms with E-state index in [1.165, 1.54) is 55.6 Å². The van der Waals surface area contributed by atoms with E-state index >= 15 is 0 Å². The summed E-state index contributed by atoms with van der Waals surface area (Å²) in [6, 6.07) is 13.5. The molecule has 0 atom stereocenters. The standard InChI is InChI=1S/C31H26F4N2O7S/c1-16(2)15-45(41,42)20-6-4-5-17(11-20)30(39)36-23-14-26(44-19-9-7-18(43-3)8-10-19)24(13-25(23)38)37-31(40)21-12-22(32)28(34)29(35)27(21)33/h4-14,16,38H,15H2,1-3H3,(H,36,39)(H,37,40). The van der Waals surface area contributed by atoms with E-state index < -0.39 is 56.2 Å². The van der Waals surface area contributed by atoms with Gasteiger partial charge in [0.1, 0.15) is 17.2 Å². The number of hydrogen-bond donors (Lipinski definition) is 3. The Kier molecular flexibility index (Phi) is 9.66. The molecule has 0 unspecified atom stereocenters. The molecule has 236 valence electrons. The van der Waals surface area contributed by atoms with Crippen molar-refractivity contribution in [3.05, 3.63) is 101 Å². The van der Waals surface area contributed by atoms with Crippen LogP contribution in [0.4, 0.5) is 28.9 Å². The first-order valence-corrected chi connectivity index (χ1v) is 14.8. The maximum absolute atomic E-state index is 14.3. The topological polar surface area (TPSA) is 131 Å². The summed E-state index contributed by atoms with van der Waals surface area (Å²) >= 11 is 0. The zero-order valence-corrected chi connectivity index (χ0v) is 24.8. The maximum Gasteiger partial charge on any atom is 0.258 e. The molecular weight excluding hydrogens is 620 g/mol. The second-order valence-electron chi connectivity index (χ2n) is 10.1. The highest BCUT2D eigenvalue weighted by Gasteiger charge is 2.25. The number of amides is 2. The fourth-order valence-electron chi connectivity index (χ4n) is 4.11. The molecule has 14 heteroatoms. The number of phenols is 1. The molecule has 4 aromatic rings. The number of halogens is 4. The lowest BCUT2D eigenvalue weighted by Crippen LogP contribution is -2.17. The van der Waals surface area contributed by atoms with Crippen molar-refractivity contribution in [2.24, 2.45) is 5.92 Å². The van der Waals surface area contributed by atoms with Crippen LogP contribution in [0.15, 0.2) is 71.6 Å². The van der Waals surface area contributed by atoms with Gasteiger partial charge >= 0.3 is 0 Å². The van der Waals surface area contributed by atoms with E-state index in [2.05, 4.69) is 10.6 Å². The molecule has 9 nitrogen and oxygen atoms in total. The van der Waals surface area contributed by atoms with Crippen molar-refractivity contribution >= 4 is 33.0 Å². The van der Waals surface area contributed by atoms with Gasteiger partial charge in [0.25, 0.3) is 11.8 Å². The van der Waals surface area contributed by atoms with Gasteiger partial charge in [-0.25, -0.2) is 26.0 Å². The molecule has 0 saturated carbocycles. The summed E-state index contributed by atoms with van der Waals surface area (Å²) in [5, 5.41) is 15.3. The number of anilines is 2. The van der Waals surface area contributed by atoms with Gasteiger partial charge in [0, 0.05) is 17.7 Å². The van der Waals surface area contributed by atoms with E-state index in [9.17, 15) is 40.7 Å². The Morgan fingerprint density at radius 2 is 1.47 bits per heavy atom. The highest BCUT2D eigenvalue weighted by atomic mass is 32.2. The first-order chi connectivity index (χ1) is 21.2. The van der Waals surface area contributed by atoms with Gasteiger partial charge in [0.15, 0.2) is 38.9 Å². The molecule has 0 bridgehead atoms.